The molecule has 5 rings (SSSR count). The maximum atomic E-state index is 12.8. The van der Waals surface area contributed by atoms with Crippen LogP contribution in [0.4, 0.5) is 19.0 Å². The van der Waals surface area contributed by atoms with Gasteiger partial charge in [0.25, 0.3) is 0 Å². The van der Waals surface area contributed by atoms with Crippen LogP contribution in [-0.4, -0.2) is 16.5 Å². The number of furan rings is 1. The van der Waals surface area contributed by atoms with Gasteiger partial charge in [0.05, 0.1) is 22.8 Å². The van der Waals surface area contributed by atoms with Crippen molar-refractivity contribution in [2.75, 3.05) is 11.9 Å². The van der Waals surface area contributed by atoms with Crippen LogP contribution in [-0.2, 0) is 12.6 Å². The van der Waals surface area contributed by atoms with E-state index in [0.717, 1.165) is 64.2 Å². The fraction of sp³-hybridized carbons (Fsp3) is 0.185. The van der Waals surface area contributed by atoms with Crippen LogP contribution in [0.1, 0.15) is 22.4 Å². The van der Waals surface area contributed by atoms with Gasteiger partial charge in [0.1, 0.15) is 16.9 Å². The summed E-state index contributed by atoms with van der Waals surface area (Å²) in [6.45, 7) is 2.80. The third-order valence-corrected chi connectivity index (χ3v) is 6.67. The molecule has 0 aliphatic heterocycles. The minimum absolute atomic E-state index is 0.634. The van der Waals surface area contributed by atoms with Gasteiger partial charge in [0.2, 0.25) is 0 Å². The van der Waals surface area contributed by atoms with Crippen molar-refractivity contribution in [3.05, 3.63) is 89.2 Å². The lowest BCUT2D eigenvalue weighted by molar-refractivity contribution is -0.137. The highest BCUT2D eigenvalue weighted by atomic mass is 32.1. The van der Waals surface area contributed by atoms with Gasteiger partial charge in [-0.05, 0) is 60.7 Å². The average Bonchev–Trinajstić information content (AvgIpc) is 3.51. The van der Waals surface area contributed by atoms with E-state index in [1.807, 2.05) is 30.3 Å². The van der Waals surface area contributed by atoms with Crippen molar-refractivity contribution in [3.63, 3.8) is 0 Å². The minimum atomic E-state index is -4.32. The highest BCUT2D eigenvalue weighted by Gasteiger charge is 2.29. The predicted octanol–water partition coefficient (Wildman–Crippen LogP) is 7.99. The summed E-state index contributed by atoms with van der Waals surface area (Å²) >= 11 is 1.64. The molecule has 2 aromatic carbocycles. The van der Waals surface area contributed by atoms with Gasteiger partial charge in [-0.25, -0.2) is 9.97 Å². The first-order chi connectivity index (χ1) is 16.9. The average molecular weight is 494 g/mol. The van der Waals surface area contributed by atoms with Gasteiger partial charge >= 0.3 is 6.18 Å². The van der Waals surface area contributed by atoms with E-state index in [2.05, 4.69) is 23.3 Å². The largest absolute Gasteiger partial charge is 0.472 e. The molecule has 0 radical (unpaired) electrons. The van der Waals surface area contributed by atoms with Gasteiger partial charge in [-0.3, -0.25) is 0 Å². The summed E-state index contributed by atoms with van der Waals surface area (Å²) in [5.41, 5.74) is 3.03. The maximum absolute atomic E-state index is 12.8. The van der Waals surface area contributed by atoms with Crippen molar-refractivity contribution >= 4 is 27.4 Å². The van der Waals surface area contributed by atoms with Gasteiger partial charge in [-0.1, -0.05) is 36.4 Å². The van der Waals surface area contributed by atoms with E-state index in [1.54, 1.807) is 23.9 Å². The number of hydrogen-bond acceptors (Lipinski definition) is 5. The Balaban J connectivity index is 1.22. The number of benzene rings is 2. The van der Waals surface area contributed by atoms with Crippen LogP contribution in [0, 0.1) is 6.92 Å². The first kappa shape index (κ1) is 23.1. The zero-order valence-corrected chi connectivity index (χ0v) is 19.7. The third kappa shape index (κ3) is 5.22. The number of nitrogens with zero attached hydrogens (tertiary/aromatic N) is 2. The van der Waals surface area contributed by atoms with Crippen LogP contribution in [0.2, 0.25) is 0 Å². The molecule has 3 aromatic heterocycles. The Morgan fingerprint density at radius 2 is 1.63 bits per heavy atom. The van der Waals surface area contributed by atoms with Gasteiger partial charge in [0, 0.05) is 11.4 Å². The summed E-state index contributed by atoms with van der Waals surface area (Å²) in [5, 5.41) is 4.48. The Morgan fingerprint density at radius 1 is 0.914 bits per heavy atom. The van der Waals surface area contributed by atoms with Crippen LogP contribution >= 0.6 is 11.3 Å². The van der Waals surface area contributed by atoms with Crippen molar-refractivity contribution in [1.29, 1.82) is 0 Å². The summed E-state index contributed by atoms with van der Waals surface area (Å²) < 4.78 is 43.5. The Morgan fingerprint density at radius 3 is 2.29 bits per heavy atom. The quantitative estimate of drug-likeness (QED) is 0.234. The molecule has 178 valence electrons. The van der Waals surface area contributed by atoms with Crippen LogP contribution in [0.25, 0.3) is 32.7 Å². The van der Waals surface area contributed by atoms with E-state index < -0.39 is 11.7 Å². The van der Waals surface area contributed by atoms with Gasteiger partial charge in [-0.15, -0.1) is 11.3 Å². The third-order valence-electron chi connectivity index (χ3n) is 5.73. The Hall–Kier alpha value is -3.65. The minimum Gasteiger partial charge on any atom is -0.472 e. The number of aryl methyl sites for hydroxylation is 2. The molecule has 0 amide bonds. The topological polar surface area (TPSA) is 51.0 Å². The van der Waals surface area contributed by atoms with Crippen LogP contribution in [0.15, 0.2) is 77.6 Å². The fourth-order valence-corrected chi connectivity index (χ4v) is 4.79. The van der Waals surface area contributed by atoms with Crippen molar-refractivity contribution in [1.82, 2.24) is 9.97 Å². The molecule has 5 aromatic rings. The maximum Gasteiger partial charge on any atom is 0.416 e. The lowest BCUT2D eigenvalue weighted by atomic mass is 10.0. The first-order valence-corrected chi connectivity index (χ1v) is 12.0. The molecule has 3 heterocycles. The first-order valence-electron chi connectivity index (χ1n) is 11.2. The molecule has 35 heavy (non-hydrogen) atoms. The molecule has 0 fully saturated rings. The molecule has 0 unspecified atom stereocenters. The SMILES string of the molecule is Cc1cc2c(NCCCc3ccc(-c4ccc(C(F)(F)F)cc4)cc3)nc(-c3ccoc3)nc2s1. The summed E-state index contributed by atoms with van der Waals surface area (Å²) in [4.78, 5) is 11.5. The molecule has 0 saturated heterocycles. The smallest absolute Gasteiger partial charge is 0.416 e. The number of halogens is 3. The van der Waals surface area contributed by atoms with E-state index in [-0.39, 0.29) is 0 Å². The number of rotatable bonds is 7. The van der Waals surface area contributed by atoms with Crippen LogP contribution in [0.3, 0.4) is 0 Å². The number of alkyl halides is 3. The number of fused-ring (bicyclic) bond motifs is 1. The monoisotopic (exact) mass is 493 g/mol. The van der Waals surface area contributed by atoms with E-state index in [0.29, 0.717) is 5.82 Å². The lowest BCUT2D eigenvalue weighted by Crippen LogP contribution is -2.06. The van der Waals surface area contributed by atoms with Crippen molar-refractivity contribution in [3.8, 4) is 22.5 Å². The van der Waals surface area contributed by atoms with Gasteiger partial charge < -0.3 is 9.73 Å². The molecule has 0 aliphatic carbocycles. The molecule has 0 bridgehead atoms. The normalized spacial score (nSPS) is 11.8. The number of aromatic nitrogens is 2. The van der Waals surface area contributed by atoms with Crippen molar-refractivity contribution in [2.24, 2.45) is 0 Å². The second-order valence-electron chi connectivity index (χ2n) is 8.29. The molecule has 1 N–H and O–H groups in total. The molecular formula is C27H22F3N3OS. The lowest BCUT2D eigenvalue weighted by Gasteiger charge is -2.10. The molecular weight excluding hydrogens is 471 g/mol. The van der Waals surface area contributed by atoms with Gasteiger partial charge in [0.15, 0.2) is 5.82 Å². The number of thiophene rings is 1. The summed E-state index contributed by atoms with van der Waals surface area (Å²) in [6.07, 6.45) is 0.691. The second-order valence-corrected chi connectivity index (χ2v) is 9.52. The molecule has 0 spiro atoms. The fourth-order valence-electron chi connectivity index (χ4n) is 3.91. The summed E-state index contributed by atoms with van der Waals surface area (Å²) in [6, 6.07) is 17.1. The number of hydrogen-bond donors (Lipinski definition) is 1. The summed E-state index contributed by atoms with van der Waals surface area (Å²) in [7, 11) is 0. The zero-order valence-electron chi connectivity index (χ0n) is 18.9. The Bertz CT molecular complexity index is 1420. The van der Waals surface area contributed by atoms with E-state index in [4.69, 9.17) is 9.40 Å². The zero-order chi connectivity index (χ0) is 24.4. The Labute approximate surface area is 204 Å². The molecule has 0 atom stereocenters. The van der Waals surface area contributed by atoms with E-state index in [9.17, 15) is 13.2 Å². The van der Waals surface area contributed by atoms with Crippen LogP contribution < -0.4 is 5.32 Å². The summed E-state index contributed by atoms with van der Waals surface area (Å²) in [5.74, 6) is 1.45. The molecule has 0 aliphatic rings. The number of anilines is 1. The van der Waals surface area contributed by atoms with Crippen molar-refractivity contribution < 1.29 is 17.6 Å². The molecule has 8 heteroatoms. The van der Waals surface area contributed by atoms with Crippen molar-refractivity contribution in [2.45, 2.75) is 25.9 Å². The van der Waals surface area contributed by atoms with E-state index in [1.165, 1.54) is 22.6 Å². The van der Waals surface area contributed by atoms with Gasteiger partial charge in [-0.2, -0.15) is 13.2 Å². The predicted molar refractivity (Wildman–Crippen MR) is 134 cm³/mol. The molecule has 4 nitrogen and oxygen atoms in total. The number of nitrogens with one attached hydrogen (secondary N) is 1. The molecule has 0 saturated carbocycles. The standard InChI is InChI=1S/C27H22F3N3OS/c1-17-15-23-25(32-24(33-26(23)35-17)21-12-14-34-16-21)31-13-2-3-18-4-6-19(7-5-18)20-8-10-22(11-9-20)27(28,29)30/h4-12,14-16H,2-3,13H2,1H3,(H,31,32,33). The highest BCUT2D eigenvalue weighted by Crippen LogP contribution is 2.32. The van der Waals surface area contributed by atoms with E-state index >= 15 is 0 Å². The van der Waals surface area contributed by atoms with Crippen LogP contribution in [0.5, 0.6) is 0 Å². The Kier molecular flexibility index (Phi) is 6.30. The second kappa shape index (κ2) is 9.54. The highest BCUT2D eigenvalue weighted by molar-refractivity contribution is 7.18.